The monoisotopic (exact) mass is 221 g/mol. The second kappa shape index (κ2) is 112. The summed E-state index contributed by atoms with van der Waals surface area (Å²) in [4.78, 5) is 0. The van der Waals surface area contributed by atoms with Crippen molar-refractivity contribution in [2.24, 2.45) is 0 Å². The molecule has 0 bridgehead atoms. The summed E-state index contributed by atoms with van der Waals surface area (Å²) in [7, 11) is 1.75. The van der Waals surface area contributed by atoms with Crippen molar-refractivity contribution in [3.8, 4) is 0 Å². The van der Waals surface area contributed by atoms with E-state index in [9.17, 15) is 4.39 Å². The van der Waals surface area contributed by atoms with Gasteiger partial charge < -0.3 is 9.80 Å². The molecule has 1 N–H and O–H groups in total. The molecule has 0 rings (SSSR count). The summed E-state index contributed by atoms with van der Waals surface area (Å²) in [5.74, 6) is 0. The Morgan fingerprint density at radius 1 is 1.40 bits per heavy atom. The number of hydrogen-bond donors (Lipinski definition) is 1. The van der Waals surface area contributed by atoms with Crippen LogP contribution in [0.3, 0.4) is 0 Å². The number of nitrogens with one attached hydrogen (secondary N) is 1. The normalized spacial score (nSPS) is 4.70. The fourth-order valence-electron chi connectivity index (χ4n) is 0. The Kier molecular flexibility index (Phi) is 352. The summed E-state index contributed by atoms with van der Waals surface area (Å²) in [5, 5.41) is 5.50. The summed E-state index contributed by atoms with van der Waals surface area (Å²) in [6, 6.07) is 0. The van der Waals surface area contributed by atoms with Gasteiger partial charge in [0, 0.05) is 0 Å². The molecule has 0 saturated heterocycles. The van der Waals surface area contributed by atoms with E-state index in [1.165, 1.54) is 0 Å². The summed E-state index contributed by atoms with van der Waals surface area (Å²) in [6.45, 7) is 7.86. The average molecular weight is 222 g/mol. The maximum atomic E-state index is 9.25. The Labute approximate surface area is 89.5 Å². The van der Waals surface area contributed by atoms with Gasteiger partial charge in [-0.3, -0.25) is 0 Å². The topological polar surface area (TPSA) is 23.9 Å². The molecule has 10 heavy (non-hydrogen) atoms. The molecular formula is C6H13BrFMgN. The number of allylic oxidation sites excluding steroid dienone is 2. The molecule has 0 aromatic rings. The van der Waals surface area contributed by atoms with Gasteiger partial charge in [0.15, 0.2) is 0 Å². The van der Waals surface area contributed by atoms with Gasteiger partial charge in [-0.15, -0.1) is 23.9 Å². The van der Waals surface area contributed by atoms with Crippen LogP contribution >= 0.6 is 17.0 Å². The van der Waals surface area contributed by atoms with E-state index in [0.717, 1.165) is 0 Å². The van der Waals surface area contributed by atoms with Crippen LogP contribution in [-0.4, -0.2) is 29.8 Å². The molecule has 0 aromatic carbocycles. The van der Waals surface area contributed by atoms with E-state index in [2.05, 4.69) is 13.6 Å². The molecule has 0 aliphatic rings. The smallest absolute Gasteiger partial charge is 0.463 e. The minimum Gasteiger partial charge on any atom is -0.463 e. The third kappa shape index (κ3) is 222. The van der Waals surface area contributed by atoms with E-state index >= 15 is 0 Å². The first-order chi connectivity index (χ1) is 3.91. The molecule has 0 unspecified atom stereocenters. The quantitative estimate of drug-likeness (QED) is 0.370. The zero-order valence-corrected chi connectivity index (χ0v) is 9.40. The van der Waals surface area contributed by atoms with Crippen LogP contribution in [0.4, 0.5) is 4.39 Å². The number of hydrogen-bond acceptors (Lipinski definition) is 1. The van der Waals surface area contributed by atoms with Crippen molar-refractivity contribution in [1.29, 1.82) is 5.41 Å². The molecule has 0 fully saturated rings. The molecule has 0 aliphatic carbocycles. The molecule has 1 nitrogen and oxygen atoms in total. The van der Waals surface area contributed by atoms with E-state index in [1.807, 2.05) is 13.0 Å². The van der Waals surface area contributed by atoms with Gasteiger partial charge in [0.2, 0.25) is 0 Å². The van der Waals surface area contributed by atoms with Gasteiger partial charge in [-0.05, 0) is 6.72 Å². The Balaban J connectivity index is -0.0000000125. The fraction of sp³-hybridized carbons (Fsp3) is 0.167. The molecule has 4 heteroatoms. The van der Waals surface area contributed by atoms with Crippen molar-refractivity contribution in [1.82, 2.24) is 0 Å². The predicted octanol–water partition coefficient (Wildman–Crippen LogP) is 2.61. The second-order valence-electron chi connectivity index (χ2n) is 0.569. The molecule has 0 aliphatic heterocycles. The van der Waals surface area contributed by atoms with Crippen LogP contribution in [-0.2, 0) is 0 Å². The molecule has 0 atom stereocenters. The van der Waals surface area contributed by atoms with Crippen LogP contribution in [0.25, 0.3) is 0 Å². The molecule has 0 amide bonds. The molecule has 0 aromatic heterocycles. The van der Waals surface area contributed by atoms with Gasteiger partial charge >= 0.3 is 23.1 Å². The average Bonchev–Trinajstić information content (AvgIpc) is 1.96. The van der Waals surface area contributed by atoms with Crippen LogP contribution in [0.1, 0.15) is 6.92 Å². The van der Waals surface area contributed by atoms with Crippen LogP contribution in [0.15, 0.2) is 12.2 Å². The molecule has 0 heterocycles. The van der Waals surface area contributed by atoms with E-state index in [1.54, 1.807) is 13.3 Å². The maximum absolute atomic E-state index is 9.25. The Morgan fingerprint density at radius 2 is 1.50 bits per heavy atom. The van der Waals surface area contributed by atoms with Gasteiger partial charge in [-0.1, -0.05) is 0 Å². The zero-order chi connectivity index (χ0) is 7.41. The summed E-state index contributed by atoms with van der Waals surface area (Å²) in [5.41, 5.74) is 0. The van der Waals surface area contributed by atoms with E-state index in [-0.39, 0.29) is 40.0 Å². The largest absolute Gasteiger partial charge is 2.00 e. The first-order valence-corrected chi connectivity index (χ1v) is 1.94. The predicted molar refractivity (Wildman–Crippen MR) is 52.6 cm³/mol. The molecule has 0 radical (unpaired) electrons. The molecular weight excluding hydrogens is 209 g/mol. The third-order valence-electron chi connectivity index (χ3n) is 0.236. The van der Waals surface area contributed by atoms with E-state index in [4.69, 9.17) is 5.41 Å². The van der Waals surface area contributed by atoms with Crippen molar-refractivity contribution in [2.75, 3.05) is 0 Å². The van der Waals surface area contributed by atoms with Gasteiger partial charge in [-0.2, -0.15) is 7.18 Å². The zero-order valence-electron chi connectivity index (χ0n) is 6.27. The van der Waals surface area contributed by atoms with Crippen molar-refractivity contribution in [3.63, 3.8) is 0 Å². The fourth-order valence-corrected chi connectivity index (χ4v) is 0. The maximum Gasteiger partial charge on any atom is 2.00 e. The van der Waals surface area contributed by atoms with Gasteiger partial charge in [0.05, 0.1) is 0 Å². The standard InChI is InChI=1S/C4H7.CH2F.CH3N.BrH.Mg/c1-3-4-2;2*1-2;;/h3-4H,1H2,2H3;1H2;2H,1H2;1H;/q2*-1;;;+2. The van der Waals surface area contributed by atoms with E-state index in [0.29, 0.717) is 0 Å². The van der Waals surface area contributed by atoms with Gasteiger partial charge in [0.25, 0.3) is 0 Å². The van der Waals surface area contributed by atoms with Crippen molar-refractivity contribution in [3.05, 3.63) is 26.3 Å². The van der Waals surface area contributed by atoms with Crippen LogP contribution in [0, 0.1) is 19.5 Å². The third-order valence-corrected chi connectivity index (χ3v) is 0.236. The summed E-state index contributed by atoms with van der Waals surface area (Å²) >= 11 is 0. The Bertz CT molecular complexity index is 40.7. The van der Waals surface area contributed by atoms with Crippen molar-refractivity contribution < 1.29 is 4.39 Å². The van der Waals surface area contributed by atoms with Crippen LogP contribution in [0.5, 0.6) is 0 Å². The molecule has 0 spiro atoms. The van der Waals surface area contributed by atoms with Gasteiger partial charge in [-0.25, -0.2) is 19.1 Å². The molecule has 58 valence electrons. The Morgan fingerprint density at radius 3 is 1.50 bits per heavy atom. The van der Waals surface area contributed by atoms with E-state index < -0.39 is 0 Å². The van der Waals surface area contributed by atoms with Crippen LogP contribution < -0.4 is 0 Å². The number of rotatable bonds is 0. The van der Waals surface area contributed by atoms with Crippen molar-refractivity contribution in [2.45, 2.75) is 6.92 Å². The summed E-state index contributed by atoms with van der Waals surface area (Å²) in [6.07, 6.45) is 3.64. The van der Waals surface area contributed by atoms with Gasteiger partial charge in [0.1, 0.15) is 0 Å². The second-order valence-corrected chi connectivity index (χ2v) is 0.569. The minimum atomic E-state index is 0. The first kappa shape index (κ1) is 31.4. The first-order valence-electron chi connectivity index (χ1n) is 1.94. The van der Waals surface area contributed by atoms with Crippen molar-refractivity contribution >= 4 is 46.8 Å². The summed E-state index contributed by atoms with van der Waals surface area (Å²) < 4.78 is 9.25. The SMILES string of the molecule is Br.C=N.[CH2-]C=CC.[CH2-]F.[Mg+2]. The molecule has 0 saturated carbocycles. The van der Waals surface area contributed by atoms with Crippen LogP contribution in [0.2, 0.25) is 0 Å². The Hall–Kier alpha value is 0.456. The number of halogens is 2. The minimum absolute atomic E-state index is 0.